The Balaban J connectivity index is 0.00000196. The maximum atomic E-state index is 11.2. The van der Waals surface area contributed by atoms with E-state index in [1.54, 1.807) is 6.92 Å². The van der Waals surface area contributed by atoms with Gasteiger partial charge in [-0.05, 0) is 24.6 Å². The summed E-state index contributed by atoms with van der Waals surface area (Å²) < 4.78 is 4.71. The van der Waals surface area contributed by atoms with Crippen molar-refractivity contribution >= 4 is 11.9 Å². The number of benzene rings is 1. The van der Waals surface area contributed by atoms with Crippen molar-refractivity contribution in [3.8, 4) is 0 Å². The fourth-order valence-corrected chi connectivity index (χ4v) is 0.988. The minimum absolute atomic E-state index is 0. The average Bonchev–Trinajstić information content (AvgIpc) is 2.18. The van der Waals surface area contributed by atoms with Crippen LogP contribution in [0.2, 0.25) is 0 Å². The summed E-state index contributed by atoms with van der Waals surface area (Å²) in [5.41, 5.74) is 0.184. The summed E-state index contributed by atoms with van der Waals surface area (Å²) in [6, 6.07) is 5.55. The molecule has 0 aromatic heterocycles. The van der Waals surface area contributed by atoms with Crippen LogP contribution in [0.4, 0.5) is 0 Å². The molecule has 1 rings (SSSR count). The smallest absolute Gasteiger partial charge is 0.545 e. The SMILES string of the molecule is CCOC(=O)c1cccc(C(=O)[O-])c1.[Na+]. The van der Waals surface area contributed by atoms with E-state index in [0.29, 0.717) is 0 Å². The minimum Gasteiger partial charge on any atom is -0.545 e. The van der Waals surface area contributed by atoms with Crippen LogP contribution in [0.5, 0.6) is 0 Å². The van der Waals surface area contributed by atoms with Gasteiger partial charge in [-0.3, -0.25) is 0 Å². The van der Waals surface area contributed by atoms with E-state index >= 15 is 0 Å². The molecule has 0 saturated heterocycles. The zero-order chi connectivity index (χ0) is 10.6. The third kappa shape index (κ3) is 4.03. The number of ether oxygens (including phenoxy) is 1. The number of rotatable bonds is 3. The van der Waals surface area contributed by atoms with E-state index in [1.807, 2.05) is 0 Å². The second kappa shape index (κ2) is 6.61. The van der Waals surface area contributed by atoms with Gasteiger partial charge < -0.3 is 14.6 Å². The maximum absolute atomic E-state index is 11.2. The molecule has 1 aromatic rings. The number of aromatic carboxylic acids is 1. The first-order valence-electron chi connectivity index (χ1n) is 4.13. The van der Waals surface area contributed by atoms with E-state index in [2.05, 4.69) is 0 Å². The summed E-state index contributed by atoms with van der Waals surface area (Å²) in [5.74, 6) is -1.84. The van der Waals surface area contributed by atoms with Gasteiger partial charge in [0, 0.05) is 0 Å². The Morgan fingerprint density at radius 2 is 1.93 bits per heavy atom. The second-order valence-electron chi connectivity index (χ2n) is 2.59. The van der Waals surface area contributed by atoms with Crippen LogP contribution in [0.25, 0.3) is 0 Å². The van der Waals surface area contributed by atoms with Crippen LogP contribution >= 0.6 is 0 Å². The molecule has 1 aromatic carbocycles. The van der Waals surface area contributed by atoms with Crippen LogP contribution in [0.3, 0.4) is 0 Å². The Labute approximate surface area is 110 Å². The molecule has 0 aliphatic carbocycles. The van der Waals surface area contributed by atoms with E-state index in [1.165, 1.54) is 24.3 Å². The van der Waals surface area contributed by atoms with Crippen molar-refractivity contribution in [1.29, 1.82) is 0 Å². The topological polar surface area (TPSA) is 66.4 Å². The van der Waals surface area contributed by atoms with E-state index in [0.717, 1.165) is 0 Å². The Hall–Kier alpha value is -0.840. The van der Waals surface area contributed by atoms with Gasteiger partial charge in [0.1, 0.15) is 0 Å². The summed E-state index contributed by atoms with van der Waals surface area (Å²) >= 11 is 0. The molecule has 0 bridgehead atoms. The first-order chi connectivity index (χ1) is 6.65. The molecule has 0 heterocycles. The number of carboxylic acid groups (broad SMARTS) is 1. The molecule has 0 amide bonds. The molecule has 0 saturated carbocycles. The summed E-state index contributed by atoms with van der Waals surface area (Å²) in [6.45, 7) is 1.94. The summed E-state index contributed by atoms with van der Waals surface area (Å²) in [7, 11) is 0. The molecule has 5 heteroatoms. The van der Waals surface area contributed by atoms with Gasteiger partial charge in [0.05, 0.1) is 18.1 Å². The number of hydrogen-bond acceptors (Lipinski definition) is 4. The van der Waals surface area contributed by atoms with Gasteiger partial charge in [-0.25, -0.2) is 4.79 Å². The van der Waals surface area contributed by atoms with Gasteiger partial charge in [-0.15, -0.1) is 0 Å². The average molecular weight is 216 g/mol. The van der Waals surface area contributed by atoms with Crippen LogP contribution in [-0.4, -0.2) is 18.5 Å². The summed E-state index contributed by atoms with van der Waals surface area (Å²) in [4.78, 5) is 21.7. The van der Waals surface area contributed by atoms with Gasteiger partial charge in [0.2, 0.25) is 0 Å². The van der Waals surface area contributed by atoms with Crippen LogP contribution in [0, 0.1) is 0 Å². The fraction of sp³-hybridized carbons (Fsp3) is 0.200. The monoisotopic (exact) mass is 216 g/mol. The first kappa shape index (κ1) is 14.2. The van der Waals surface area contributed by atoms with Gasteiger partial charge in [0.15, 0.2) is 0 Å². The van der Waals surface area contributed by atoms with Gasteiger partial charge >= 0.3 is 35.5 Å². The molecule has 0 N–H and O–H groups in total. The van der Waals surface area contributed by atoms with Crippen molar-refractivity contribution in [2.24, 2.45) is 0 Å². The fourth-order valence-electron chi connectivity index (χ4n) is 0.988. The molecule has 4 nitrogen and oxygen atoms in total. The van der Waals surface area contributed by atoms with E-state index in [4.69, 9.17) is 4.74 Å². The Bertz CT molecular complexity index is 362. The Morgan fingerprint density at radius 3 is 2.47 bits per heavy atom. The molecular formula is C10H9NaO4. The van der Waals surface area contributed by atoms with Gasteiger partial charge in [0.25, 0.3) is 0 Å². The third-order valence-corrected chi connectivity index (χ3v) is 1.61. The van der Waals surface area contributed by atoms with Crippen molar-refractivity contribution in [2.45, 2.75) is 6.92 Å². The Morgan fingerprint density at radius 1 is 1.33 bits per heavy atom. The van der Waals surface area contributed by atoms with Gasteiger partial charge in [-0.2, -0.15) is 0 Å². The van der Waals surface area contributed by atoms with Crippen LogP contribution in [-0.2, 0) is 4.74 Å². The molecule has 0 aliphatic heterocycles. The zero-order valence-corrected chi connectivity index (χ0v) is 10.6. The van der Waals surface area contributed by atoms with Crippen molar-refractivity contribution in [3.63, 3.8) is 0 Å². The Kier molecular flexibility index (Phi) is 6.24. The molecule has 15 heavy (non-hydrogen) atoms. The van der Waals surface area contributed by atoms with Crippen LogP contribution < -0.4 is 34.7 Å². The number of carboxylic acids is 1. The largest absolute Gasteiger partial charge is 1.00 e. The van der Waals surface area contributed by atoms with E-state index < -0.39 is 11.9 Å². The predicted molar refractivity (Wildman–Crippen MR) is 46.7 cm³/mol. The predicted octanol–water partition coefficient (Wildman–Crippen LogP) is -2.77. The molecular weight excluding hydrogens is 207 g/mol. The number of esters is 1. The quantitative estimate of drug-likeness (QED) is 0.405. The van der Waals surface area contributed by atoms with E-state index in [9.17, 15) is 14.7 Å². The molecule has 74 valence electrons. The van der Waals surface area contributed by atoms with Crippen molar-refractivity contribution < 1.29 is 49.0 Å². The normalized spacial score (nSPS) is 8.87. The summed E-state index contributed by atoms with van der Waals surface area (Å²) in [6.07, 6.45) is 0. The molecule has 0 atom stereocenters. The van der Waals surface area contributed by atoms with Crippen molar-refractivity contribution in [2.75, 3.05) is 6.61 Å². The van der Waals surface area contributed by atoms with E-state index in [-0.39, 0.29) is 47.3 Å². The second-order valence-corrected chi connectivity index (χ2v) is 2.59. The molecule has 0 radical (unpaired) electrons. The standard InChI is InChI=1S/C10H10O4.Na/c1-2-14-10(13)8-5-3-4-7(6-8)9(11)12;/h3-6H,2H2,1H3,(H,11,12);/q;+1/p-1. The van der Waals surface area contributed by atoms with Crippen molar-refractivity contribution in [1.82, 2.24) is 0 Å². The first-order valence-corrected chi connectivity index (χ1v) is 4.13. The van der Waals surface area contributed by atoms with Gasteiger partial charge in [-0.1, -0.05) is 12.1 Å². The number of hydrogen-bond donors (Lipinski definition) is 0. The minimum atomic E-state index is -1.31. The number of carbonyl (C=O) groups excluding carboxylic acids is 2. The summed E-state index contributed by atoms with van der Waals surface area (Å²) in [5, 5.41) is 10.5. The maximum Gasteiger partial charge on any atom is 1.00 e. The van der Waals surface area contributed by atoms with Crippen LogP contribution in [0.15, 0.2) is 24.3 Å². The molecule has 0 spiro atoms. The molecule has 0 aliphatic rings. The zero-order valence-electron chi connectivity index (χ0n) is 8.65. The molecule has 0 unspecified atom stereocenters. The third-order valence-electron chi connectivity index (χ3n) is 1.61. The van der Waals surface area contributed by atoms with Crippen LogP contribution in [0.1, 0.15) is 27.6 Å². The molecule has 0 fully saturated rings. The number of carbonyl (C=O) groups is 2. The van der Waals surface area contributed by atoms with Crippen molar-refractivity contribution in [3.05, 3.63) is 35.4 Å².